The van der Waals surface area contributed by atoms with Gasteiger partial charge < -0.3 is 5.32 Å². The number of rotatable bonds is 3. The van der Waals surface area contributed by atoms with E-state index < -0.39 is 5.54 Å². The standard InChI is InChI=1S/C19H17FN6O2/c1-19(2)18(28)21-14-5-3-4-6-15(14)26(19)16(27)11-25-23-17(22-24-25)12-7-9-13(20)10-8-12/h3-10H,11H2,1-2H3,(H,21,28). The second kappa shape index (κ2) is 6.52. The molecule has 0 radical (unpaired) electrons. The van der Waals surface area contributed by atoms with Crippen LogP contribution in [0.4, 0.5) is 15.8 Å². The number of tetrazole rings is 1. The molecule has 8 nitrogen and oxygen atoms in total. The topological polar surface area (TPSA) is 93.0 Å². The molecule has 0 atom stereocenters. The smallest absolute Gasteiger partial charge is 0.251 e. The summed E-state index contributed by atoms with van der Waals surface area (Å²) in [5, 5.41) is 14.8. The number of nitrogens with zero attached hydrogens (tertiary/aromatic N) is 5. The fraction of sp³-hybridized carbons (Fsp3) is 0.211. The summed E-state index contributed by atoms with van der Waals surface area (Å²) in [4.78, 5) is 28.1. The van der Waals surface area contributed by atoms with Crippen molar-refractivity contribution in [2.24, 2.45) is 0 Å². The largest absolute Gasteiger partial charge is 0.322 e. The second-order valence-electron chi connectivity index (χ2n) is 6.91. The van der Waals surface area contributed by atoms with Gasteiger partial charge in [0.2, 0.25) is 11.7 Å². The molecule has 0 saturated heterocycles. The lowest BCUT2D eigenvalue weighted by Gasteiger charge is -2.41. The molecule has 0 bridgehead atoms. The highest BCUT2D eigenvalue weighted by Crippen LogP contribution is 2.36. The van der Waals surface area contributed by atoms with E-state index in [2.05, 4.69) is 20.7 Å². The molecule has 28 heavy (non-hydrogen) atoms. The number of para-hydroxylation sites is 2. The lowest BCUT2D eigenvalue weighted by molar-refractivity contribution is -0.127. The number of carbonyl (C=O) groups is 2. The molecule has 1 aromatic heterocycles. The molecular formula is C19H17FN6O2. The van der Waals surface area contributed by atoms with Gasteiger partial charge in [0, 0.05) is 5.56 Å². The molecule has 1 aliphatic rings. The molecule has 9 heteroatoms. The molecule has 1 N–H and O–H groups in total. The van der Waals surface area contributed by atoms with Crippen molar-refractivity contribution in [2.45, 2.75) is 25.9 Å². The fourth-order valence-electron chi connectivity index (χ4n) is 3.11. The van der Waals surface area contributed by atoms with E-state index in [1.165, 1.54) is 29.2 Å². The summed E-state index contributed by atoms with van der Waals surface area (Å²) in [7, 11) is 0. The highest BCUT2D eigenvalue weighted by atomic mass is 19.1. The van der Waals surface area contributed by atoms with Crippen LogP contribution >= 0.6 is 0 Å². The fourth-order valence-corrected chi connectivity index (χ4v) is 3.11. The third-order valence-electron chi connectivity index (χ3n) is 4.59. The summed E-state index contributed by atoms with van der Waals surface area (Å²) in [5.74, 6) is -0.715. The highest BCUT2D eigenvalue weighted by Gasteiger charge is 2.43. The van der Waals surface area contributed by atoms with Gasteiger partial charge in [-0.3, -0.25) is 14.5 Å². The van der Waals surface area contributed by atoms with Crippen LogP contribution in [-0.4, -0.2) is 37.6 Å². The summed E-state index contributed by atoms with van der Waals surface area (Å²) < 4.78 is 13.1. The number of benzene rings is 2. The summed E-state index contributed by atoms with van der Waals surface area (Å²) in [6.45, 7) is 3.16. The molecule has 0 unspecified atom stereocenters. The minimum atomic E-state index is -1.08. The van der Waals surface area contributed by atoms with Crippen LogP contribution in [0.1, 0.15) is 13.8 Å². The molecule has 0 fully saturated rings. The number of hydrogen-bond acceptors (Lipinski definition) is 5. The van der Waals surface area contributed by atoms with Gasteiger partial charge in [-0.15, -0.1) is 10.2 Å². The van der Waals surface area contributed by atoms with Gasteiger partial charge in [0.1, 0.15) is 17.9 Å². The first-order valence-corrected chi connectivity index (χ1v) is 8.63. The van der Waals surface area contributed by atoms with Gasteiger partial charge in [-0.05, 0) is 55.5 Å². The van der Waals surface area contributed by atoms with Crippen molar-refractivity contribution in [3.8, 4) is 11.4 Å². The number of fused-ring (bicyclic) bond motifs is 1. The van der Waals surface area contributed by atoms with E-state index in [0.717, 1.165) is 4.80 Å². The van der Waals surface area contributed by atoms with E-state index in [0.29, 0.717) is 16.9 Å². The van der Waals surface area contributed by atoms with E-state index in [9.17, 15) is 14.0 Å². The van der Waals surface area contributed by atoms with Gasteiger partial charge in [-0.25, -0.2) is 4.39 Å². The first-order chi connectivity index (χ1) is 13.4. The molecule has 4 rings (SSSR count). The number of halogens is 1. The zero-order chi connectivity index (χ0) is 19.9. The van der Waals surface area contributed by atoms with E-state index in [1.54, 1.807) is 38.1 Å². The molecule has 2 heterocycles. The maximum Gasteiger partial charge on any atom is 0.251 e. The maximum absolute atomic E-state index is 13.1. The predicted octanol–water partition coefficient (Wildman–Crippen LogP) is 2.24. The molecule has 3 aromatic rings. The van der Waals surface area contributed by atoms with Crippen molar-refractivity contribution in [1.29, 1.82) is 0 Å². The molecule has 0 spiro atoms. The van der Waals surface area contributed by atoms with Crippen LogP contribution in [0.5, 0.6) is 0 Å². The average Bonchev–Trinajstić information content (AvgIpc) is 3.11. The van der Waals surface area contributed by atoms with Crippen LogP contribution in [0.15, 0.2) is 48.5 Å². The molecule has 0 aliphatic carbocycles. The van der Waals surface area contributed by atoms with Gasteiger partial charge >= 0.3 is 0 Å². The van der Waals surface area contributed by atoms with Crippen LogP contribution in [0.2, 0.25) is 0 Å². The van der Waals surface area contributed by atoms with Crippen LogP contribution < -0.4 is 10.2 Å². The lowest BCUT2D eigenvalue weighted by atomic mass is 9.96. The number of nitrogens with one attached hydrogen (secondary N) is 1. The quantitative estimate of drug-likeness (QED) is 0.752. The minimum absolute atomic E-state index is 0.195. The van der Waals surface area contributed by atoms with E-state index in [1.807, 2.05) is 0 Å². The van der Waals surface area contributed by atoms with Crippen molar-refractivity contribution < 1.29 is 14.0 Å². The first-order valence-electron chi connectivity index (χ1n) is 8.63. The Morgan fingerprint density at radius 3 is 2.61 bits per heavy atom. The Morgan fingerprint density at radius 1 is 1.14 bits per heavy atom. The summed E-state index contributed by atoms with van der Waals surface area (Å²) in [5.41, 5.74) is 0.684. The molecular weight excluding hydrogens is 363 g/mol. The van der Waals surface area contributed by atoms with Crippen molar-refractivity contribution in [3.05, 3.63) is 54.3 Å². The Hall–Kier alpha value is -3.62. The van der Waals surface area contributed by atoms with E-state index in [-0.39, 0.29) is 30.0 Å². The van der Waals surface area contributed by atoms with E-state index in [4.69, 9.17) is 0 Å². The normalized spacial score (nSPS) is 15.1. The number of aromatic nitrogens is 4. The minimum Gasteiger partial charge on any atom is -0.322 e. The highest BCUT2D eigenvalue weighted by molar-refractivity contribution is 6.14. The van der Waals surface area contributed by atoms with Crippen LogP contribution in [0.3, 0.4) is 0 Å². The van der Waals surface area contributed by atoms with Gasteiger partial charge in [0.05, 0.1) is 11.4 Å². The zero-order valence-electron chi connectivity index (χ0n) is 15.3. The van der Waals surface area contributed by atoms with Gasteiger partial charge in [-0.2, -0.15) is 4.80 Å². The van der Waals surface area contributed by atoms with Gasteiger partial charge in [-0.1, -0.05) is 12.1 Å². The number of hydrogen-bond donors (Lipinski definition) is 1. The van der Waals surface area contributed by atoms with Gasteiger partial charge in [0.15, 0.2) is 0 Å². The SMILES string of the molecule is CC1(C)C(=O)Nc2ccccc2N1C(=O)Cn1nnc(-c2ccc(F)cc2)n1. The van der Waals surface area contributed by atoms with Crippen LogP contribution in [-0.2, 0) is 16.1 Å². The molecule has 1 aliphatic heterocycles. The maximum atomic E-state index is 13.1. The number of amides is 2. The lowest BCUT2D eigenvalue weighted by Crippen LogP contribution is -2.59. The molecule has 2 aromatic carbocycles. The third kappa shape index (κ3) is 3.00. The second-order valence-corrected chi connectivity index (χ2v) is 6.91. The van der Waals surface area contributed by atoms with Gasteiger partial charge in [0.25, 0.3) is 5.91 Å². The van der Waals surface area contributed by atoms with Crippen molar-refractivity contribution in [3.63, 3.8) is 0 Å². The zero-order valence-corrected chi connectivity index (χ0v) is 15.3. The molecule has 2 amide bonds. The van der Waals surface area contributed by atoms with Crippen LogP contribution in [0, 0.1) is 5.82 Å². The summed E-state index contributed by atoms with van der Waals surface area (Å²) >= 11 is 0. The first kappa shape index (κ1) is 17.8. The Bertz CT molecular complexity index is 1060. The van der Waals surface area contributed by atoms with Crippen molar-refractivity contribution in [1.82, 2.24) is 20.2 Å². The monoisotopic (exact) mass is 380 g/mol. The Labute approximate surface area is 160 Å². The average molecular weight is 380 g/mol. The van der Waals surface area contributed by atoms with E-state index >= 15 is 0 Å². The molecule has 142 valence electrons. The Balaban J connectivity index is 1.61. The Morgan fingerprint density at radius 2 is 1.86 bits per heavy atom. The van der Waals surface area contributed by atoms with Crippen LogP contribution in [0.25, 0.3) is 11.4 Å². The number of anilines is 2. The molecule has 0 saturated carbocycles. The van der Waals surface area contributed by atoms with Crippen molar-refractivity contribution in [2.75, 3.05) is 10.2 Å². The predicted molar refractivity (Wildman–Crippen MR) is 99.8 cm³/mol. The number of carbonyl (C=O) groups excluding carboxylic acids is 2. The summed E-state index contributed by atoms with van der Waals surface area (Å²) in [6.07, 6.45) is 0. The Kier molecular flexibility index (Phi) is 4.14. The summed E-state index contributed by atoms with van der Waals surface area (Å²) in [6, 6.07) is 12.8. The third-order valence-corrected chi connectivity index (χ3v) is 4.59. The van der Waals surface area contributed by atoms with Crippen molar-refractivity contribution >= 4 is 23.2 Å².